The standard InChI is InChI=1S/C18H28N2O3/c1-13-6-7-15(23-13)12-19(5)16(21)14-8-10-20(11-9-14)17(22)18(2,3)4/h6-7,14H,8-12H2,1-5H3. The van der Waals surface area contributed by atoms with Gasteiger partial charge in [0.2, 0.25) is 11.8 Å². The van der Waals surface area contributed by atoms with Gasteiger partial charge in [-0.15, -0.1) is 0 Å². The highest BCUT2D eigenvalue weighted by Gasteiger charge is 2.33. The molecule has 0 N–H and O–H groups in total. The van der Waals surface area contributed by atoms with E-state index in [1.165, 1.54) is 0 Å². The number of carbonyl (C=O) groups excluding carboxylic acids is 2. The molecule has 0 aromatic carbocycles. The molecular formula is C18H28N2O3. The Morgan fingerprint density at radius 3 is 2.35 bits per heavy atom. The molecule has 0 saturated carbocycles. The topological polar surface area (TPSA) is 53.8 Å². The number of carbonyl (C=O) groups is 2. The van der Waals surface area contributed by atoms with Gasteiger partial charge in [-0.25, -0.2) is 0 Å². The third kappa shape index (κ3) is 4.36. The summed E-state index contributed by atoms with van der Waals surface area (Å²) < 4.78 is 5.53. The third-order valence-corrected chi connectivity index (χ3v) is 4.34. The molecule has 0 aliphatic carbocycles. The van der Waals surface area contributed by atoms with Crippen LogP contribution in [0.25, 0.3) is 0 Å². The molecule has 1 aliphatic heterocycles. The number of rotatable bonds is 3. The summed E-state index contributed by atoms with van der Waals surface area (Å²) >= 11 is 0. The van der Waals surface area contributed by atoms with E-state index in [1.807, 2.05) is 51.8 Å². The van der Waals surface area contributed by atoms with Crippen LogP contribution in [0.3, 0.4) is 0 Å². The predicted octanol–water partition coefficient (Wildman–Crippen LogP) is 2.83. The molecule has 0 spiro atoms. The Kier molecular flexibility index (Phi) is 5.17. The molecule has 1 fully saturated rings. The van der Waals surface area contributed by atoms with Crippen molar-refractivity contribution in [1.29, 1.82) is 0 Å². The predicted molar refractivity (Wildman–Crippen MR) is 88.7 cm³/mol. The molecule has 1 aromatic rings. The fraction of sp³-hybridized carbons (Fsp3) is 0.667. The number of hydrogen-bond acceptors (Lipinski definition) is 3. The first kappa shape index (κ1) is 17.6. The Balaban J connectivity index is 1.87. The zero-order valence-corrected chi connectivity index (χ0v) is 14.9. The van der Waals surface area contributed by atoms with Crippen molar-refractivity contribution >= 4 is 11.8 Å². The van der Waals surface area contributed by atoms with Crippen molar-refractivity contribution in [3.8, 4) is 0 Å². The molecule has 1 aliphatic rings. The van der Waals surface area contributed by atoms with Gasteiger partial charge in [-0.05, 0) is 31.9 Å². The molecule has 0 atom stereocenters. The van der Waals surface area contributed by atoms with Gasteiger partial charge in [-0.1, -0.05) is 20.8 Å². The lowest BCUT2D eigenvalue weighted by Gasteiger charge is -2.36. The first-order valence-electron chi connectivity index (χ1n) is 8.28. The Bertz CT molecular complexity index is 563. The summed E-state index contributed by atoms with van der Waals surface area (Å²) in [6, 6.07) is 3.81. The smallest absolute Gasteiger partial charge is 0.227 e. The van der Waals surface area contributed by atoms with Crippen LogP contribution in [0.5, 0.6) is 0 Å². The van der Waals surface area contributed by atoms with Crippen molar-refractivity contribution in [3.63, 3.8) is 0 Å². The molecular weight excluding hydrogens is 292 g/mol. The zero-order valence-electron chi connectivity index (χ0n) is 14.9. The van der Waals surface area contributed by atoms with E-state index in [1.54, 1.807) is 4.90 Å². The highest BCUT2D eigenvalue weighted by atomic mass is 16.3. The molecule has 128 valence electrons. The number of furan rings is 1. The van der Waals surface area contributed by atoms with E-state index in [4.69, 9.17) is 4.42 Å². The second kappa shape index (κ2) is 6.77. The van der Waals surface area contributed by atoms with Crippen molar-refractivity contribution in [2.24, 2.45) is 11.3 Å². The molecule has 5 nitrogen and oxygen atoms in total. The highest BCUT2D eigenvalue weighted by molar-refractivity contribution is 5.82. The van der Waals surface area contributed by atoms with E-state index in [2.05, 4.69) is 0 Å². The van der Waals surface area contributed by atoms with Gasteiger partial charge < -0.3 is 14.2 Å². The Hall–Kier alpha value is -1.78. The van der Waals surface area contributed by atoms with Gasteiger partial charge in [-0.3, -0.25) is 9.59 Å². The van der Waals surface area contributed by atoms with Crippen LogP contribution in [0, 0.1) is 18.3 Å². The van der Waals surface area contributed by atoms with Gasteiger partial charge >= 0.3 is 0 Å². The van der Waals surface area contributed by atoms with E-state index >= 15 is 0 Å². The largest absolute Gasteiger partial charge is 0.464 e. The van der Waals surface area contributed by atoms with E-state index in [9.17, 15) is 9.59 Å². The lowest BCUT2D eigenvalue weighted by Crippen LogP contribution is -2.46. The number of piperidine rings is 1. The second-order valence-electron chi connectivity index (χ2n) is 7.52. The summed E-state index contributed by atoms with van der Waals surface area (Å²) in [4.78, 5) is 28.5. The summed E-state index contributed by atoms with van der Waals surface area (Å²) in [5.41, 5.74) is -0.356. The van der Waals surface area contributed by atoms with Crippen molar-refractivity contribution in [1.82, 2.24) is 9.80 Å². The first-order chi connectivity index (χ1) is 10.7. The summed E-state index contributed by atoms with van der Waals surface area (Å²) in [5, 5.41) is 0. The van der Waals surface area contributed by atoms with Gasteiger partial charge in [0, 0.05) is 31.5 Å². The molecule has 0 radical (unpaired) electrons. The highest BCUT2D eigenvalue weighted by Crippen LogP contribution is 2.25. The second-order valence-corrected chi connectivity index (χ2v) is 7.52. The van der Waals surface area contributed by atoms with Crippen LogP contribution in [0.4, 0.5) is 0 Å². The number of hydrogen-bond donors (Lipinski definition) is 0. The Morgan fingerprint density at radius 1 is 1.26 bits per heavy atom. The molecule has 2 rings (SSSR count). The molecule has 0 unspecified atom stereocenters. The quantitative estimate of drug-likeness (QED) is 0.860. The van der Waals surface area contributed by atoms with Gasteiger partial charge in [-0.2, -0.15) is 0 Å². The molecule has 5 heteroatoms. The minimum absolute atomic E-state index is 0.0000718. The minimum Gasteiger partial charge on any atom is -0.464 e. The van der Waals surface area contributed by atoms with Crippen LogP contribution in [0.2, 0.25) is 0 Å². The monoisotopic (exact) mass is 320 g/mol. The summed E-state index contributed by atoms with van der Waals surface area (Å²) in [6.45, 7) is 9.53. The van der Waals surface area contributed by atoms with Gasteiger partial charge in [0.15, 0.2) is 0 Å². The van der Waals surface area contributed by atoms with Gasteiger partial charge in [0.1, 0.15) is 11.5 Å². The van der Waals surface area contributed by atoms with Gasteiger partial charge in [0.05, 0.1) is 6.54 Å². The average Bonchev–Trinajstić information content (AvgIpc) is 2.90. The zero-order chi connectivity index (χ0) is 17.2. The summed E-state index contributed by atoms with van der Waals surface area (Å²) in [6.07, 6.45) is 1.48. The maximum Gasteiger partial charge on any atom is 0.227 e. The van der Waals surface area contributed by atoms with Crippen molar-refractivity contribution in [2.45, 2.75) is 47.1 Å². The summed E-state index contributed by atoms with van der Waals surface area (Å²) in [7, 11) is 1.81. The third-order valence-electron chi connectivity index (χ3n) is 4.34. The fourth-order valence-electron chi connectivity index (χ4n) is 3.00. The molecule has 1 saturated heterocycles. The number of amides is 2. The molecule has 23 heavy (non-hydrogen) atoms. The van der Waals surface area contributed by atoms with Crippen LogP contribution in [0.15, 0.2) is 16.5 Å². The van der Waals surface area contributed by atoms with E-state index < -0.39 is 0 Å². The number of nitrogens with zero attached hydrogens (tertiary/aromatic N) is 2. The number of likely N-dealkylation sites (tertiary alicyclic amines) is 1. The van der Waals surface area contributed by atoms with Crippen LogP contribution < -0.4 is 0 Å². The normalized spacial score (nSPS) is 16.5. The minimum atomic E-state index is -0.356. The fourth-order valence-corrected chi connectivity index (χ4v) is 3.00. The van der Waals surface area contributed by atoms with E-state index in [0.29, 0.717) is 19.6 Å². The molecule has 1 aromatic heterocycles. The van der Waals surface area contributed by atoms with Crippen molar-refractivity contribution in [3.05, 3.63) is 23.7 Å². The van der Waals surface area contributed by atoms with E-state index in [-0.39, 0.29) is 23.1 Å². The average molecular weight is 320 g/mol. The molecule has 0 bridgehead atoms. The number of aryl methyl sites for hydroxylation is 1. The Labute approximate surface area is 138 Å². The Morgan fingerprint density at radius 2 is 1.87 bits per heavy atom. The maximum atomic E-state index is 12.6. The lowest BCUT2D eigenvalue weighted by molar-refractivity contribution is -0.144. The maximum absolute atomic E-state index is 12.6. The first-order valence-corrected chi connectivity index (χ1v) is 8.28. The lowest BCUT2D eigenvalue weighted by atomic mass is 9.90. The SMILES string of the molecule is Cc1ccc(CN(C)C(=O)C2CCN(C(=O)C(C)(C)C)CC2)o1. The van der Waals surface area contributed by atoms with Gasteiger partial charge in [0.25, 0.3) is 0 Å². The van der Waals surface area contributed by atoms with Crippen molar-refractivity contribution < 1.29 is 14.0 Å². The van der Waals surface area contributed by atoms with Crippen LogP contribution in [0.1, 0.15) is 45.1 Å². The molecule has 2 heterocycles. The van der Waals surface area contributed by atoms with Crippen LogP contribution in [-0.4, -0.2) is 41.8 Å². The van der Waals surface area contributed by atoms with Crippen LogP contribution in [-0.2, 0) is 16.1 Å². The molecule has 2 amide bonds. The van der Waals surface area contributed by atoms with Crippen molar-refractivity contribution in [2.75, 3.05) is 20.1 Å². The van der Waals surface area contributed by atoms with Crippen LogP contribution >= 0.6 is 0 Å². The summed E-state index contributed by atoms with van der Waals surface area (Å²) in [5.74, 6) is 1.97. The van der Waals surface area contributed by atoms with E-state index in [0.717, 1.165) is 24.4 Å².